The van der Waals surface area contributed by atoms with Crippen LogP contribution in [0.5, 0.6) is 17.2 Å². The average molecular weight is 592 g/mol. The fourth-order valence-corrected chi connectivity index (χ4v) is 4.96. The second-order valence-electron chi connectivity index (χ2n) is 10.1. The molecule has 0 unspecified atom stereocenters. The van der Waals surface area contributed by atoms with E-state index >= 15 is 0 Å². The Labute approximate surface area is 247 Å². The first-order chi connectivity index (χ1) is 20.9. The van der Waals surface area contributed by atoms with E-state index in [1.807, 2.05) is 0 Å². The molecular formula is C28H33N9O6. The van der Waals surface area contributed by atoms with E-state index in [0.717, 1.165) is 64.0 Å². The number of nitro benzene ring substituents is 2. The molecule has 0 amide bonds. The van der Waals surface area contributed by atoms with E-state index < -0.39 is 21.2 Å². The van der Waals surface area contributed by atoms with Crippen LogP contribution < -0.4 is 24.7 Å². The lowest BCUT2D eigenvalue weighted by Gasteiger charge is -2.30. The lowest BCUT2D eigenvalue weighted by atomic mass is 10.1. The second kappa shape index (κ2) is 13.7. The number of nitro groups is 2. The van der Waals surface area contributed by atoms with Crippen molar-refractivity contribution in [3.63, 3.8) is 0 Å². The predicted molar refractivity (Wildman–Crippen MR) is 161 cm³/mol. The Hall–Kier alpha value is -5.08. The van der Waals surface area contributed by atoms with Gasteiger partial charge < -0.3 is 19.3 Å². The minimum Gasteiger partial charge on any atom is -0.490 e. The number of non-ortho nitro benzene ring substituents is 1. The lowest BCUT2D eigenvalue weighted by molar-refractivity contribution is -0.394. The van der Waals surface area contributed by atoms with Gasteiger partial charge in [-0.15, -0.1) is 0 Å². The normalized spacial score (nSPS) is 15.4. The molecule has 0 saturated carbocycles. The molecule has 0 radical (unpaired) electrons. The van der Waals surface area contributed by atoms with Crippen LogP contribution in [0, 0.1) is 20.2 Å². The Morgan fingerprint density at radius 3 is 2.05 bits per heavy atom. The molecule has 3 heterocycles. The molecule has 2 aliphatic rings. The van der Waals surface area contributed by atoms with Crippen molar-refractivity contribution in [2.45, 2.75) is 45.4 Å². The SMILES string of the molecule is CCOc1cc(/C=N\Nc2nc(N3CCCCC3)nc(N3CCCCC3)n2)ccc1Oc1ccc([N+](=O)[O-])cc1[N+](=O)[O-]. The molecule has 2 aliphatic heterocycles. The van der Waals surface area contributed by atoms with Crippen LogP contribution >= 0.6 is 0 Å². The topological polar surface area (TPSA) is 174 Å². The van der Waals surface area contributed by atoms with Gasteiger partial charge in [0.1, 0.15) is 0 Å². The van der Waals surface area contributed by atoms with E-state index in [9.17, 15) is 20.2 Å². The van der Waals surface area contributed by atoms with Gasteiger partial charge in [0.25, 0.3) is 5.69 Å². The summed E-state index contributed by atoms with van der Waals surface area (Å²) in [6.07, 6.45) is 8.39. The van der Waals surface area contributed by atoms with Gasteiger partial charge in [0, 0.05) is 32.2 Å². The Morgan fingerprint density at radius 2 is 1.47 bits per heavy atom. The molecule has 3 aromatic rings. The number of anilines is 3. The van der Waals surface area contributed by atoms with Crippen LogP contribution in [-0.4, -0.2) is 63.8 Å². The third-order valence-electron chi connectivity index (χ3n) is 7.11. The minimum atomic E-state index is -0.732. The van der Waals surface area contributed by atoms with E-state index in [1.54, 1.807) is 31.3 Å². The lowest BCUT2D eigenvalue weighted by Crippen LogP contribution is -2.34. The summed E-state index contributed by atoms with van der Waals surface area (Å²) < 4.78 is 11.5. The van der Waals surface area contributed by atoms with Crippen LogP contribution in [0.4, 0.5) is 29.2 Å². The maximum atomic E-state index is 11.5. The standard InChI is InChI=1S/C28H33N9O6/c1-2-42-25-17-20(9-11-24(25)43-23-12-10-21(36(38)39)18-22(23)37(40)41)19-29-33-26-30-27(34-13-5-3-6-14-34)32-28(31-26)35-15-7-4-8-16-35/h9-12,17-19H,2-8,13-16H2,1H3,(H,30,31,32,33)/b29-19-. The van der Waals surface area contributed by atoms with Crippen molar-refractivity contribution in [3.8, 4) is 17.2 Å². The molecule has 0 atom stereocenters. The Morgan fingerprint density at radius 1 is 0.837 bits per heavy atom. The number of hydrogen-bond donors (Lipinski definition) is 1. The zero-order chi connectivity index (χ0) is 30.2. The number of nitrogens with one attached hydrogen (secondary N) is 1. The fraction of sp³-hybridized carbons (Fsp3) is 0.429. The molecule has 2 aromatic carbocycles. The number of ether oxygens (including phenoxy) is 2. The van der Waals surface area contributed by atoms with Crippen molar-refractivity contribution in [2.24, 2.45) is 5.10 Å². The molecule has 5 rings (SSSR count). The average Bonchev–Trinajstić information content (AvgIpc) is 3.03. The summed E-state index contributed by atoms with van der Waals surface area (Å²) in [6, 6.07) is 8.15. The van der Waals surface area contributed by atoms with Crippen LogP contribution in [0.25, 0.3) is 0 Å². The monoisotopic (exact) mass is 591 g/mol. The molecule has 15 nitrogen and oxygen atoms in total. The van der Waals surface area contributed by atoms with Gasteiger partial charge >= 0.3 is 5.69 Å². The van der Waals surface area contributed by atoms with Crippen LogP contribution in [-0.2, 0) is 0 Å². The zero-order valence-electron chi connectivity index (χ0n) is 23.8. The maximum absolute atomic E-state index is 11.5. The maximum Gasteiger partial charge on any atom is 0.318 e. The smallest absolute Gasteiger partial charge is 0.318 e. The summed E-state index contributed by atoms with van der Waals surface area (Å²) >= 11 is 0. The van der Waals surface area contributed by atoms with Crippen molar-refractivity contribution in [1.29, 1.82) is 0 Å². The summed E-state index contributed by atoms with van der Waals surface area (Å²) in [5.74, 6) is 2.02. The van der Waals surface area contributed by atoms with Gasteiger partial charge in [0.15, 0.2) is 11.5 Å². The van der Waals surface area contributed by atoms with Gasteiger partial charge in [0.05, 0.1) is 28.7 Å². The summed E-state index contributed by atoms with van der Waals surface area (Å²) in [6.45, 7) is 5.73. The molecule has 0 bridgehead atoms. The van der Waals surface area contributed by atoms with E-state index in [4.69, 9.17) is 14.5 Å². The highest BCUT2D eigenvalue weighted by Crippen LogP contribution is 2.38. The van der Waals surface area contributed by atoms with Crippen LogP contribution in [0.1, 0.15) is 51.0 Å². The first-order valence-corrected chi connectivity index (χ1v) is 14.3. The van der Waals surface area contributed by atoms with Gasteiger partial charge in [-0.05, 0) is 75.3 Å². The molecule has 0 aliphatic carbocycles. The van der Waals surface area contributed by atoms with Crippen molar-refractivity contribution >= 4 is 35.4 Å². The first-order valence-electron chi connectivity index (χ1n) is 14.3. The number of nitrogens with zero attached hydrogens (tertiary/aromatic N) is 8. The van der Waals surface area contributed by atoms with E-state index in [2.05, 4.69) is 30.3 Å². The molecule has 43 heavy (non-hydrogen) atoms. The summed E-state index contributed by atoms with van der Waals surface area (Å²) in [4.78, 5) is 39.6. The van der Waals surface area contributed by atoms with Crippen molar-refractivity contribution in [3.05, 3.63) is 62.2 Å². The van der Waals surface area contributed by atoms with E-state index in [0.29, 0.717) is 35.8 Å². The highest BCUT2D eigenvalue weighted by Gasteiger charge is 2.23. The molecule has 1 N–H and O–H groups in total. The molecule has 15 heteroatoms. The van der Waals surface area contributed by atoms with Crippen LogP contribution in [0.2, 0.25) is 0 Å². The Bertz CT molecular complexity index is 1450. The predicted octanol–water partition coefficient (Wildman–Crippen LogP) is 5.31. The highest BCUT2D eigenvalue weighted by atomic mass is 16.6. The first kappa shape index (κ1) is 29.4. The molecular weight excluding hydrogens is 558 g/mol. The van der Waals surface area contributed by atoms with Gasteiger partial charge in [-0.25, -0.2) is 5.43 Å². The molecule has 0 spiro atoms. The largest absolute Gasteiger partial charge is 0.490 e. The highest BCUT2D eigenvalue weighted by molar-refractivity contribution is 5.81. The molecule has 1 aromatic heterocycles. The summed E-state index contributed by atoms with van der Waals surface area (Å²) in [5, 5.41) is 27.0. The number of aromatic nitrogens is 3. The van der Waals surface area contributed by atoms with Crippen LogP contribution in [0.3, 0.4) is 0 Å². The number of piperidine rings is 2. The third-order valence-corrected chi connectivity index (χ3v) is 7.11. The fourth-order valence-electron chi connectivity index (χ4n) is 4.96. The molecule has 2 fully saturated rings. The zero-order valence-corrected chi connectivity index (χ0v) is 23.8. The van der Waals surface area contributed by atoms with Gasteiger partial charge in [-0.1, -0.05) is 0 Å². The van der Waals surface area contributed by atoms with Gasteiger partial charge in [0.2, 0.25) is 23.6 Å². The van der Waals surface area contributed by atoms with Crippen molar-refractivity contribution < 1.29 is 19.3 Å². The Balaban J connectivity index is 1.35. The number of hydrogen-bond acceptors (Lipinski definition) is 13. The summed E-state index contributed by atoms with van der Waals surface area (Å²) in [5.41, 5.74) is 2.66. The number of benzene rings is 2. The van der Waals surface area contributed by atoms with Gasteiger partial charge in [-0.2, -0.15) is 20.1 Å². The minimum absolute atomic E-state index is 0.150. The second-order valence-corrected chi connectivity index (χ2v) is 10.1. The number of hydrazone groups is 1. The quantitative estimate of drug-likeness (QED) is 0.173. The molecule has 226 valence electrons. The van der Waals surface area contributed by atoms with Gasteiger partial charge in [-0.3, -0.25) is 20.2 Å². The van der Waals surface area contributed by atoms with Crippen molar-refractivity contribution in [2.75, 3.05) is 48.0 Å². The van der Waals surface area contributed by atoms with Crippen LogP contribution in [0.15, 0.2) is 41.5 Å². The van der Waals surface area contributed by atoms with E-state index in [-0.39, 0.29) is 11.5 Å². The molecule has 2 saturated heterocycles. The van der Waals surface area contributed by atoms with E-state index in [1.165, 1.54) is 18.9 Å². The van der Waals surface area contributed by atoms with Crippen molar-refractivity contribution in [1.82, 2.24) is 15.0 Å². The Kier molecular flexibility index (Phi) is 9.39. The summed E-state index contributed by atoms with van der Waals surface area (Å²) in [7, 11) is 0. The number of rotatable bonds is 11. The third kappa shape index (κ3) is 7.42.